The predicted octanol–water partition coefficient (Wildman–Crippen LogP) is 1.84. The van der Waals surface area contributed by atoms with Crippen molar-refractivity contribution in [1.29, 1.82) is 0 Å². The summed E-state index contributed by atoms with van der Waals surface area (Å²) in [4.78, 5) is 18.4. The predicted molar refractivity (Wildman–Crippen MR) is 110 cm³/mol. The third-order valence-electron chi connectivity index (χ3n) is 4.84. The zero-order valence-corrected chi connectivity index (χ0v) is 16.6. The maximum absolute atomic E-state index is 6.21. The molecule has 1 fully saturated rings. The van der Waals surface area contributed by atoms with Crippen molar-refractivity contribution in [3.8, 4) is 11.5 Å². The maximum Gasteiger partial charge on any atom is 0.228 e. The fraction of sp³-hybridized carbons (Fsp3) is 0.500. The number of hydrogen-bond acceptors (Lipinski definition) is 9. The molecule has 8 nitrogen and oxygen atoms in total. The average molecular weight is 388 g/mol. The molecule has 4 rings (SSSR count). The van der Waals surface area contributed by atoms with E-state index in [1.807, 2.05) is 23.9 Å². The van der Waals surface area contributed by atoms with Gasteiger partial charge in [0, 0.05) is 42.9 Å². The first kappa shape index (κ1) is 18.0. The number of aliphatic imine (C=N–C) groups is 1. The van der Waals surface area contributed by atoms with E-state index in [0.29, 0.717) is 28.5 Å². The molecule has 2 N–H and O–H groups in total. The van der Waals surface area contributed by atoms with Crippen molar-refractivity contribution >= 4 is 39.6 Å². The van der Waals surface area contributed by atoms with Crippen molar-refractivity contribution in [3.05, 3.63) is 12.1 Å². The van der Waals surface area contributed by atoms with Crippen molar-refractivity contribution in [2.24, 2.45) is 4.99 Å². The van der Waals surface area contributed by atoms with Gasteiger partial charge in [-0.25, -0.2) is 4.98 Å². The van der Waals surface area contributed by atoms with E-state index in [1.54, 1.807) is 14.2 Å². The van der Waals surface area contributed by atoms with Gasteiger partial charge in [-0.1, -0.05) is 18.7 Å². The highest BCUT2D eigenvalue weighted by atomic mass is 32.2. The number of piperazine rings is 1. The summed E-state index contributed by atoms with van der Waals surface area (Å²) in [5.41, 5.74) is 6.97. The lowest BCUT2D eigenvalue weighted by molar-refractivity contribution is 0.356. The molecule has 0 amide bonds. The summed E-state index contributed by atoms with van der Waals surface area (Å²) in [6.07, 6.45) is 0. The summed E-state index contributed by atoms with van der Waals surface area (Å²) in [5.74, 6) is 2.35. The minimum Gasteiger partial charge on any atom is -0.493 e. The van der Waals surface area contributed by atoms with E-state index in [-0.39, 0.29) is 0 Å². The third kappa shape index (κ3) is 3.43. The third-order valence-corrected chi connectivity index (χ3v) is 5.99. The molecule has 1 aromatic carbocycles. The summed E-state index contributed by atoms with van der Waals surface area (Å²) in [7, 11) is 3.21. The Morgan fingerprint density at radius 3 is 2.33 bits per heavy atom. The van der Waals surface area contributed by atoms with Gasteiger partial charge in [0.15, 0.2) is 16.7 Å². The van der Waals surface area contributed by atoms with Gasteiger partial charge in [-0.3, -0.25) is 4.99 Å². The summed E-state index contributed by atoms with van der Waals surface area (Å²) in [5, 5.41) is 2.51. The molecule has 1 saturated heterocycles. The van der Waals surface area contributed by atoms with E-state index >= 15 is 0 Å². The molecule has 0 bridgehead atoms. The summed E-state index contributed by atoms with van der Waals surface area (Å²) >= 11 is 1.86. The van der Waals surface area contributed by atoms with Crippen LogP contribution in [0.5, 0.6) is 11.5 Å². The van der Waals surface area contributed by atoms with Crippen LogP contribution in [-0.2, 0) is 0 Å². The second-order valence-electron chi connectivity index (χ2n) is 6.66. The standard InChI is InChI=1S/C18H24N6O2S/c1-11-10-20-18(27-11)24-6-4-23(5-7-24)17-21-13-9-15(26-3)14(25-2)8-12(13)16(19)22-17/h8-9,11H,4-7,10H2,1-3H3,(H2,19,21,22). The van der Waals surface area contributed by atoms with Gasteiger partial charge >= 0.3 is 0 Å². The molecule has 9 heteroatoms. The zero-order chi connectivity index (χ0) is 19.0. The van der Waals surface area contributed by atoms with Crippen LogP contribution >= 0.6 is 11.8 Å². The van der Waals surface area contributed by atoms with Crippen molar-refractivity contribution < 1.29 is 9.47 Å². The first-order valence-corrected chi connectivity index (χ1v) is 9.87. The quantitative estimate of drug-likeness (QED) is 0.852. The molecule has 1 unspecified atom stereocenters. The minimum absolute atomic E-state index is 0.447. The number of thioether (sulfide) groups is 1. The van der Waals surface area contributed by atoms with Crippen molar-refractivity contribution in [2.75, 3.05) is 57.6 Å². The molecule has 2 aliphatic rings. The molecule has 1 aromatic heterocycles. The molecule has 27 heavy (non-hydrogen) atoms. The Bertz CT molecular complexity index is 882. The maximum atomic E-state index is 6.21. The Hall–Kier alpha value is -2.42. The SMILES string of the molecule is COc1cc2nc(N3CCN(C4=NCC(C)S4)CC3)nc(N)c2cc1OC. The van der Waals surface area contributed by atoms with Gasteiger partial charge in [0.1, 0.15) is 5.82 Å². The van der Waals surface area contributed by atoms with Crippen LogP contribution in [0.3, 0.4) is 0 Å². The van der Waals surface area contributed by atoms with E-state index in [1.165, 1.54) is 0 Å². The van der Waals surface area contributed by atoms with Crippen molar-refractivity contribution in [1.82, 2.24) is 14.9 Å². The minimum atomic E-state index is 0.447. The highest BCUT2D eigenvalue weighted by molar-refractivity contribution is 8.14. The van der Waals surface area contributed by atoms with Crippen LogP contribution in [0, 0.1) is 0 Å². The smallest absolute Gasteiger partial charge is 0.228 e. The first-order valence-electron chi connectivity index (χ1n) is 8.99. The lowest BCUT2D eigenvalue weighted by atomic mass is 10.2. The second kappa shape index (κ2) is 7.30. The fourth-order valence-corrected chi connectivity index (χ4v) is 4.33. The van der Waals surface area contributed by atoms with Gasteiger partial charge in [-0.15, -0.1) is 0 Å². The monoisotopic (exact) mass is 388 g/mol. The number of amidine groups is 1. The number of nitrogen functional groups attached to an aromatic ring is 1. The number of nitrogens with two attached hydrogens (primary N) is 1. The topological polar surface area (TPSA) is 89.1 Å². The molecule has 0 aliphatic carbocycles. The van der Waals surface area contributed by atoms with Gasteiger partial charge in [-0.05, 0) is 6.07 Å². The highest BCUT2D eigenvalue weighted by Gasteiger charge is 2.26. The molecule has 3 heterocycles. The summed E-state index contributed by atoms with van der Waals surface area (Å²) < 4.78 is 10.7. The van der Waals surface area contributed by atoms with E-state index in [9.17, 15) is 0 Å². The molecule has 0 saturated carbocycles. The number of fused-ring (bicyclic) bond motifs is 1. The Labute approximate surface area is 162 Å². The normalized spacial score (nSPS) is 20.1. The summed E-state index contributed by atoms with van der Waals surface area (Å²) in [6.45, 7) is 6.62. The first-order chi connectivity index (χ1) is 13.1. The lowest BCUT2D eigenvalue weighted by Crippen LogP contribution is -2.48. The van der Waals surface area contributed by atoms with Gasteiger partial charge in [-0.2, -0.15) is 4.98 Å². The fourth-order valence-electron chi connectivity index (χ4n) is 3.34. The van der Waals surface area contributed by atoms with Crippen LogP contribution in [0.4, 0.5) is 11.8 Å². The van der Waals surface area contributed by atoms with E-state index in [2.05, 4.69) is 26.7 Å². The average Bonchev–Trinajstić information content (AvgIpc) is 3.13. The number of nitrogens with zero attached hydrogens (tertiary/aromatic N) is 5. The van der Waals surface area contributed by atoms with Gasteiger partial charge in [0.05, 0.1) is 26.3 Å². The number of methoxy groups -OCH3 is 2. The molecular weight excluding hydrogens is 364 g/mol. The van der Waals surface area contributed by atoms with Crippen LogP contribution in [0.25, 0.3) is 10.9 Å². The largest absolute Gasteiger partial charge is 0.493 e. The van der Waals surface area contributed by atoms with Crippen LogP contribution in [0.2, 0.25) is 0 Å². The number of ether oxygens (including phenoxy) is 2. The van der Waals surface area contributed by atoms with Crippen molar-refractivity contribution in [2.45, 2.75) is 12.2 Å². The van der Waals surface area contributed by atoms with Crippen molar-refractivity contribution in [3.63, 3.8) is 0 Å². The van der Waals surface area contributed by atoms with Gasteiger partial charge < -0.3 is 25.0 Å². The number of hydrogen-bond donors (Lipinski definition) is 1. The molecule has 0 radical (unpaired) electrons. The van der Waals surface area contributed by atoms with E-state index in [0.717, 1.165) is 48.8 Å². The number of rotatable bonds is 3. The number of benzene rings is 1. The highest BCUT2D eigenvalue weighted by Crippen LogP contribution is 2.34. The number of anilines is 2. The number of aromatic nitrogens is 2. The van der Waals surface area contributed by atoms with Crippen LogP contribution in [0.1, 0.15) is 6.92 Å². The summed E-state index contributed by atoms with van der Waals surface area (Å²) in [6, 6.07) is 3.67. The Kier molecular flexibility index (Phi) is 4.86. The van der Waals surface area contributed by atoms with Gasteiger partial charge in [0.25, 0.3) is 0 Å². The van der Waals surface area contributed by atoms with Crippen LogP contribution in [0.15, 0.2) is 17.1 Å². The molecular formula is C18H24N6O2S. The van der Waals surface area contributed by atoms with E-state index < -0.39 is 0 Å². The van der Waals surface area contributed by atoms with Crippen LogP contribution < -0.4 is 20.1 Å². The molecule has 2 aromatic rings. The Morgan fingerprint density at radius 1 is 1.04 bits per heavy atom. The lowest BCUT2D eigenvalue weighted by Gasteiger charge is -2.35. The Balaban J connectivity index is 1.56. The van der Waals surface area contributed by atoms with E-state index in [4.69, 9.17) is 20.2 Å². The molecule has 1 atom stereocenters. The Morgan fingerprint density at radius 2 is 1.70 bits per heavy atom. The molecule has 0 spiro atoms. The zero-order valence-electron chi connectivity index (χ0n) is 15.8. The molecule has 144 valence electrons. The second-order valence-corrected chi connectivity index (χ2v) is 8.06. The van der Waals surface area contributed by atoms with Gasteiger partial charge in [0.2, 0.25) is 5.95 Å². The molecule has 2 aliphatic heterocycles. The van der Waals surface area contributed by atoms with Crippen LogP contribution in [-0.4, -0.2) is 72.2 Å².